The minimum atomic E-state index is 0.395. The highest BCUT2D eigenvalue weighted by molar-refractivity contribution is 5.73. The number of nitrogens with zero attached hydrogens (tertiary/aromatic N) is 2. The van der Waals surface area contributed by atoms with Crippen LogP contribution in [0.15, 0.2) is 18.2 Å². The fraction of sp³-hybridized carbons (Fsp3) is 0.267. The van der Waals surface area contributed by atoms with E-state index in [2.05, 4.69) is 10.9 Å². The molecule has 0 aliphatic rings. The lowest BCUT2D eigenvalue weighted by atomic mass is 10.1. The molecule has 0 fully saturated rings. The number of nitrogens with two attached hydrogens (primary N) is 1. The lowest BCUT2D eigenvalue weighted by Gasteiger charge is -2.08. The van der Waals surface area contributed by atoms with Gasteiger partial charge in [0, 0.05) is 11.6 Å². The zero-order chi connectivity index (χ0) is 14.7. The molecular weight excluding hydrogens is 254 g/mol. The first kappa shape index (κ1) is 13.8. The van der Waals surface area contributed by atoms with Gasteiger partial charge in [0.05, 0.1) is 20.8 Å². The fourth-order valence-electron chi connectivity index (χ4n) is 2.03. The van der Waals surface area contributed by atoms with E-state index >= 15 is 0 Å². The zero-order valence-electron chi connectivity index (χ0n) is 11.8. The van der Waals surface area contributed by atoms with Gasteiger partial charge in [0.2, 0.25) is 0 Å². The maximum Gasteiger partial charge on any atom is 0.132 e. The molecule has 1 aromatic heterocycles. The summed E-state index contributed by atoms with van der Waals surface area (Å²) in [6, 6.07) is 5.52. The molecule has 0 unspecified atom stereocenters. The van der Waals surface area contributed by atoms with Crippen molar-refractivity contribution in [3.8, 4) is 35.1 Å². The number of nitrogen functional groups attached to an aromatic ring is 1. The SMILES string of the molecule is C#CCn1c(C)nc(-c2cc(OC)cc(OC)c2)c1N. The average Bonchev–Trinajstić information content (AvgIpc) is 2.75. The Bertz CT molecular complexity index is 646. The van der Waals surface area contributed by atoms with Crippen molar-refractivity contribution in [3.63, 3.8) is 0 Å². The highest BCUT2D eigenvalue weighted by Crippen LogP contribution is 2.32. The molecule has 0 radical (unpaired) electrons. The lowest BCUT2D eigenvalue weighted by molar-refractivity contribution is 0.394. The minimum Gasteiger partial charge on any atom is -0.497 e. The molecule has 2 aromatic rings. The number of ether oxygens (including phenoxy) is 2. The normalized spacial score (nSPS) is 10.1. The molecule has 5 heteroatoms. The first-order valence-corrected chi connectivity index (χ1v) is 6.10. The summed E-state index contributed by atoms with van der Waals surface area (Å²) in [5.74, 6) is 5.25. The van der Waals surface area contributed by atoms with Gasteiger partial charge in [0.25, 0.3) is 0 Å². The van der Waals surface area contributed by atoms with Crippen molar-refractivity contribution < 1.29 is 9.47 Å². The molecule has 1 aromatic carbocycles. The van der Waals surface area contributed by atoms with Crippen LogP contribution in [0, 0.1) is 19.3 Å². The van der Waals surface area contributed by atoms with Crippen LogP contribution in [0.1, 0.15) is 5.82 Å². The molecule has 2 N–H and O–H groups in total. The van der Waals surface area contributed by atoms with E-state index in [1.165, 1.54) is 0 Å². The van der Waals surface area contributed by atoms with Crippen LogP contribution in [0.4, 0.5) is 5.82 Å². The highest BCUT2D eigenvalue weighted by Gasteiger charge is 2.15. The zero-order valence-corrected chi connectivity index (χ0v) is 11.8. The van der Waals surface area contributed by atoms with Crippen LogP contribution in [0.25, 0.3) is 11.3 Å². The summed E-state index contributed by atoms with van der Waals surface area (Å²) in [5.41, 5.74) is 7.64. The van der Waals surface area contributed by atoms with Crippen molar-refractivity contribution in [1.29, 1.82) is 0 Å². The van der Waals surface area contributed by atoms with Gasteiger partial charge in [-0.15, -0.1) is 6.42 Å². The fourth-order valence-corrected chi connectivity index (χ4v) is 2.03. The molecule has 0 atom stereocenters. The topological polar surface area (TPSA) is 62.3 Å². The first-order valence-electron chi connectivity index (χ1n) is 6.10. The van der Waals surface area contributed by atoms with E-state index in [4.69, 9.17) is 21.6 Å². The van der Waals surface area contributed by atoms with E-state index in [9.17, 15) is 0 Å². The van der Waals surface area contributed by atoms with Crippen molar-refractivity contribution in [3.05, 3.63) is 24.0 Å². The van der Waals surface area contributed by atoms with Gasteiger partial charge in [-0.05, 0) is 19.1 Å². The second kappa shape index (κ2) is 5.57. The number of terminal acetylenes is 1. The van der Waals surface area contributed by atoms with Crippen LogP contribution < -0.4 is 15.2 Å². The Morgan fingerprint density at radius 3 is 2.35 bits per heavy atom. The Morgan fingerprint density at radius 2 is 1.85 bits per heavy atom. The van der Waals surface area contributed by atoms with E-state index in [0.29, 0.717) is 29.6 Å². The van der Waals surface area contributed by atoms with E-state index in [-0.39, 0.29) is 0 Å². The number of imidazole rings is 1. The van der Waals surface area contributed by atoms with Crippen LogP contribution in [-0.2, 0) is 6.54 Å². The number of methoxy groups -OCH3 is 2. The van der Waals surface area contributed by atoms with Crippen molar-refractivity contribution in [1.82, 2.24) is 9.55 Å². The van der Waals surface area contributed by atoms with Crippen molar-refractivity contribution in [2.45, 2.75) is 13.5 Å². The number of aryl methyl sites for hydroxylation is 1. The molecule has 1 heterocycles. The predicted octanol–water partition coefficient (Wildman–Crippen LogP) is 2.09. The molecule has 5 nitrogen and oxygen atoms in total. The molecule has 104 valence electrons. The number of benzene rings is 1. The van der Waals surface area contributed by atoms with Gasteiger partial charge in [-0.25, -0.2) is 4.98 Å². The van der Waals surface area contributed by atoms with Gasteiger partial charge >= 0.3 is 0 Å². The Balaban J connectivity index is 2.57. The van der Waals surface area contributed by atoms with Gasteiger partial charge in [-0.2, -0.15) is 0 Å². The van der Waals surface area contributed by atoms with Gasteiger partial charge in [-0.1, -0.05) is 5.92 Å². The largest absolute Gasteiger partial charge is 0.497 e. The molecule has 0 aliphatic carbocycles. The van der Waals surface area contributed by atoms with Gasteiger partial charge in [0.15, 0.2) is 0 Å². The Kier molecular flexibility index (Phi) is 3.85. The lowest BCUT2D eigenvalue weighted by Crippen LogP contribution is -2.03. The maximum atomic E-state index is 6.13. The van der Waals surface area contributed by atoms with Crippen LogP contribution in [0.5, 0.6) is 11.5 Å². The van der Waals surface area contributed by atoms with Crippen molar-refractivity contribution >= 4 is 5.82 Å². The minimum absolute atomic E-state index is 0.395. The molecule has 0 spiro atoms. The second-order valence-electron chi connectivity index (χ2n) is 4.28. The molecule has 0 bridgehead atoms. The predicted molar refractivity (Wildman–Crippen MR) is 78.7 cm³/mol. The van der Waals surface area contributed by atoms with E-state index in [1.807, 2.05) is 19.1 Å². The summed E-state index contributed by atoms with van der Waals surface area (Å²) in [5, 5.41) is 0. The van der Waals surface area contributed by atoms with Gasteiger partial charge in [-0.3, -0.25) is 0 Å². The van der Waals surface area contributed by atoms with E-state index in [0.717, 1.165) is 11.4 Å². The number of aromatic nitrogens is 2. The molecule has 0 saturated heterocycles. The molecule has 20 heavy (non-hydrogen) atoms. The second-order valence-corrected chi connectivity index (χ2v) is 4.28. The molecule has 0 aliphatic heterocycles. The third kappa shape index (κ3) is 2.41. The van der Waals surface area contributed by atoms with Crippen LogP contribution in [0.3, 0.4) is 0 Å². The first-order chi connectivity index (χ1) is 9.60. The Morgan fingerprint density at radius 1 is 1.25 bits per heavy atom. The summed E-state index contributed by atoms with van der Waals surface area (Å²) in [6.45, 7) is 2.26. The summed E-state index contributed by atoms with van der Waals surface area (Å²) in [6.07, 6.45) is 5.34. The summed E-state index contributed by atoms with van der Waals surface area (Å²) in [7, 11) is 3.20. The highest BCUT2D eigenvalue weighted by atomic mass is 16.5. The summed E-state index contributed by atoms with van der Waals surface area (Å²) < 4.78 is 12.3. The third-order valence-corrected chi connectivity index (χ3v) is 3.07. The van der Waals surface area contributed by atoms with Crippen LogP contribution in [-0.4, -0.2) is 23.8 Å². The monoisotopic (exact) mass is 271 g/mol. The third-order valence-electron chi connectivity index (χ3n) is 3.07. The van der Waals surface area contributed by atoms with Crippen LogP contribution in [0.2, 0.25) is 0 Å². The van der Waals surface area contributed by atoms with Crippen molar-refractivity contribution in [2.24, 2.45) is 0 Å². The quantitative estimate of drug-likeness (QED) is 0.865. The number of hydrogen-bond acceptors (Lipinski definition) is 4. The maximum absolute atomic E-state index is 6.13. The van der Waals surface area contributed by atoms with Gasteiger partial charge in [0.1, 0.15) is 28.8 Å². The van der Waals surface area contributed by atoms with E-state index in [1.54, 1.807) is 24.9 Å². The molecule has 0 amide bonds. The standard InChI is InChI=1S/C15H17N3O2/c1-5-6-18-10(2)17-14(15(18)16)11-7-12(19-3)9-13(8-11)20-4/h1,7-9H,6,16H2,2-4H3. The van der Waals surface area contributed by atoms with Crippen molar-refractivity contribution in [2.75, 3.05) is 20.0 Å². The van der Waals surface area contributed by atoms with Gasteiger partial charge < -0.3 is 19.8 Å². The number of hydrogen-bond donors (Lipinski definition) is 1. The Labute approximate surface area is 118 Å². The smallest absolute Gasteiger partial charge is 0.132 e. The number of anilines is 1. The van der Waals surface area contributed by atoms with E-state index < -0.39 is 0 Å². The summed E-state index contributed by atoms with van der Waals surface area (Å²) >= 11 is 0. The molecule has 2 rings (SSSR count). The van der Waals surface area contributed by atoms with Crippen LogP contribution >= 0.6 is 0 Å². The number of rotatable bonds is 4. The Hall–Kier alpha value is -2.61. The molecule has 0 saturated carbocycles. The molecular formula is C15H17N3O2. The average molecular weight is 271 g/mol. The summed E-state index contributed by atoms with van der Waals surface area (Å²) in [4.78, 5) is 4.48.